The van der Waals surface area contributed by atoms with Crippen LogP contribution in [0.1, 0.15) is 17.5 Å². The zero-order valence-corrected chi connectivity index (χ0v) is 12.6. The minimum absolute atomic E-state index is 0.106. The number of hydrogen-bond donors (Lipinski definition) is 0. The van der Waals surface area contributed by atoms with Crippen molar-refractivity contribution >= 4 is 23.2 Å². The summed E-state index contributed by atoms with van der Waals surface area (Å²) in [4.78, 5) is 14.5. The molecule has 0 aliphatic heterocycles. The molecule has 0 atom stereocenters. The molecular weight excluding hydrogens is 282 g/mol. The quantitative estimate of drug-likeness (QED) is 0.786. The van der Waals surface area contributed by atoms with Gasteiger partial charge in [0.05, 0.1) is 0 Å². The van der Waals surface area contributed by atoms with E-state index in [9.17, 15) is 4.79 Å². The fourth-order valence-corrected chi connectivity index (χ4v) is 3.23. The van der Waals surface area contributed by atoms with Gasteiger partial charge in [0, 0.05) is 24.0 Å². The fraction of sp³-hybridized carbons (Fsp3) is 0.278. The number of halogens is 1. The van der Waals surface area contributed by atoms with Crippen molar-refractivity contribution in [3.05, 3.63) is 65.7 Å². The maximum Gasteiger partial charge on any atom is 0.228 e. The second kappa shape index (κ2) is 6.31. The van der Waals surface area contributed by atoms with E-state index in [4.69, 9.17) is 11.6 Å². The highest BCUT2D eigenvalue weighted by atomic mass is 35.5. The molecule has 0 N–H and O–H groups in total. The van der Waals surface area contributed by atoms with Crippen LogP contribution in [0.15, 0.2) is 54.6 Å². The average molecular weight is 300 g/mol. The van der Waals surface area contributed by atoms with Gasteiger partial charge in [-0.2, -0.15) is 0 Å². The number of anilines is 1. The molecule has 108 valence electrons. The summed E-state index contributed by atoms with van der Waals surface area (Å²) in [6.45, 7) is 0. The third kappa shape index (κ3) is 2.96. The van der Waals surface area contributed by atoms with Gasteiger partial charge in [0.25, 0.3) is 0 Å². The maximum absolute atomic E-state index is 12.5. The summed E-state index contributed by atoms with van der Waals surface area (Å²) < 4.78 is 0. The van der Waals surface area contributed by atoms with E-state index in [0.717, 1.165) is 18.5 Å². The van der Waals surface area contributed by atoms with E-state index in [1.165, 1.54) is 11.1 Å². The van der Waals surface area contributed by atoms with Gasteiger partial charge in [0.1, 0.15) is 0 Å². The summed E-state index contributed by atoms with van der Waals surface area (Å²) in [6.07, 6.45) is 2.21. The molecule has 0 spiro atoms. The third-order valence-corrected chi connectivity index (χ3v) is 4.20. The molecule has 3 rings (SSSR count). The summed E-state index contributed by atoms with van der Waals surface area (Å²) in [6, 6.07) is 18.5. The smallest absolute Gasteiger partial charge is 0.228 e. The van der Waals surface area contributed by atoms with Crippen molar-refractivity contribution in [3.63, 3.8) is 0 Å². The first-order valence-corrected chi connectivity index (χ1v) is 7.83. The highest BCUT2D eigenvalue weighted by Crippen LogP contribution is 2.29. The topological polar surface area (TPSA) is 20.3 Å². The number of benzene rings is 2. The van der Waals surface area contributed by atoms with E-state index in [0.29, 0.717) is 12.3 Å². The van der Waals surface area contributed by atoms with E-state index >= 15 is 0 Å². The zero-order chi connectivity index (χ0) is 14.7. The van der Waals surface area contributed by atoms with Gasteiger partial charge in [-0.1, -0.05) is 42.5 Å². The van der Waals surface area contributed by atoms with Crippen molar-refractivity contribution in [3.8, 4) is 0 Å². The molecule has 2 aromatic rings. The van der Waals surface area contributed by atoms with Crippen molar-refractivity contribution in [1.82, 2.24) is 0 Å². The molecule has 0 aromatic heterocycles. The molecule has 21 heavy (non-hydrogen) atoms. The van der Waals surface area contributed by atoms with E-state index in [1.54, 1.807) is 0 Å². The number of hydrogen-bond acceptors (Lipinski definition) is 1. The second-order valence-corrected chi connectivity index (χ2v) is 5.75. The van der Waals surface area contributed by atoms with Crippen molar-refractivity contribution in [2.24, 2.45) is 0 Å². The van der Waals surface area contributed by atoms with Crippen LogP contribution in [-0.2, 0) is 17.6 Å². The normalized spacial score (nSPS) is 14.0. The predicted octanol–water partition coefficient (Wildman–Crippen LogP) is 3.82. The summed E-state index contributed by atoms with van der Waals surface area (Å²) in [5, 5.41) is 0. The number of nitrogens with zero attached hydrogens (tertiary/aromatic N) is 1. The zero-order valence-electron chi connectivity index (χ0n) is 11.8. The monoisotopic (exact) mass is 299 g/mol. The van der Waals surface area contributed by atoms with Gasteiger partial charge in [0.15, 0.2) is 0 Å². The first-order valence-electron chi connectivity index (χ1n) is 7.29. The minimum Gasteiger partial charge on any atom is -0.309 e. The van der Waals surface area contributed by atoms with Gasteiger partial charge < -0.3 is 4.90 Å². The number of carbonyl (C=O) groups excluding carboxylic acids is 1. The Kier molecular flexibility index (Phi) is 4.26. The molecule has 0 fully saturated rings. The number of carbonyl (C=O) groups is 1. The van der Waals surface area contributed by atoms with E-state index in [2.05, 4.69) is 24.3 Å². The van der Waals surface area contributed by atoms with Crippen molar-refractivity contribution < 1.29 is 4.79 Å². The molecule has 0 saturated carbocycles. The molecule has 1 aliphatic rings. The minimum atomic E-state index is 0.106. The van der Waals surface area contributed by atoms with Crippen LogP contribution >= 0.6 is 11.6 Å². The molecule has 0 bridgehead atoms. The van der Waals surface area contributed by atoms with Gasteiger partial charge in [-0.3, -0.25) is 4.79 Å². The third-order valence-electron chi connectivity index (χ3n) is 4.01. The Bertz CT molecular complexity index is 601. The first-order chi connectivity index (χ1) is 10.3. The standard InChI is InChI=1S/C18H18ClNO/c19-11-10-18(21)20(16-8-2-1-3-9-16)17-12-14-6-4-5-7-15(14)13-17/h1-9,17H,10-13H2. The summed E-state index contributed by atoms with van der Waals surface area (Å²) in [5.74, 6) is 0.468. The van der Waals surface area contributed by atoms with Crippen molar-refractivity contribution in [2.45, 2.75) is 25.3 Å². The highest BCUT2D eigenvalue weighted by Gasteiger charge is 2.30. The Morgan fingerprint density at radius 1 is 1.00 bits per heavy atom. The lowest BCUT2D eigenvalue weighted by Crippen LogP contribution is -2.41. The average Bonchev–Trinajstić information content (AvgIpc) is 2.92. The van der Waals surface area contributed by atoms with Crippen LogP contribution in [0, 0.1) is 0 Å². The Morgan fingerprint density at radius 2 is 1.57 bits per heavy atom. The molecule has 0 unspecified atom stereocenters. The van der Waals surface area contributed by atoms with E-state index in [-0.39, 0.29) is 11.9 Å². The van der Waals surface area contributed by atoms with Crippen molar-refractivity contribution in [1.29, 1.82) is 0 Å². The summed E-state index contributed by atoms with van der Waals surface area (Å²) in [5.41, 5.74) is 3.66. The first kappa shape index (κ1) is 14.2. The molecule has 1 amide bonds. The summed E-state index contributed by atoms with van der Waals surface area (Å²) in [7, 11) is 0. The van der Waals surface area contributed by atoms with Crippen LogP contribution in [-0.4, -0.2) is 17.8 Å². The largest absolute Gasteiger partial charge is 0.309 e. The molecule has 1 aliphatic carbocycles. The van der Waals surface area contributed by atoms with Gasteiger partial charge in [-0.15, -0.1) is 11.6 Å². The number of fused-ring (bicyclic) bond motifs is 1. The molecule has 2 aromatic carbocycles. The Hall–Kier alpha value is -1.80. The van der Waals surface area contributed by atoms with E-state index < -0.39 is 0 Å². The second-order valence-electron chi connectivity index (χ2n) is 5.37. The molecule has 3 heteroatoms. The lowest BCUT2D eigenvalue weighted by Gasteiger charge is -2.29. The predicted molar refractivity (Wildman–Crippen MR) is 86.9 cm³/mol. The lowest BCUT2D eigenvalue weighted by molar-refractivity contribution is -0.118. The van der Waals surface area contributed by atoms with Gasteiger partial charge in [0.2, 0.25) is 5.91 Å². The van der Waals surface area contributed by atoms with Crippen LogP contribution in [0.4, 0.5) is 5.69 Å². The molecular formula is C18H18ClNO. The summed E-state index contributed by atoms with van der Waals surface area (Å²) >= 11 is 5.78. The molecule has 0 radical (unpaired) electrons. The van der Waals surface area contributed by atoms with Crippen LogP contribution < -0.4 is 4.90 Å². The van der Waals surface area contributed by atoms with E-state index in [1.807, 2.05) is 35.2 Å². The maximum atomic E-state index is 12.5. The molecule has 0 saturated heterocycles. The number of alkyl halides is 1. The van der Waals surface area contributed by atoms with Crippen LogP contribution in [0.2, 0.25) is 0 Å². The number of rotatable bonds is 4. The fourth-order valence-electron chi connectivity index (χ4n) is 3.07. The number of para-hydroxylation sites is 1. The highest BCUT2D eigenvalue weighted by molar-refractivity contribution is 6.19. The number of amides is 1. The van der Waals surface area contributed by atoms with Crippen LogP contribution in [0.5, 0.6) is 0 Å². The van der Waals surface area contributed by atoms with Gasteiger partial charge in [-0.25, -0.2) is 0 Å². The lowest BCUT2D eigenvalue weighted by atomic mass is 10.1. The Morgan fingerprint density at radius 3 is 2.14 bits per heavy atom. The van der Waals surface area contributed by atoms with Crippen LogP contribution in [0.25, 0.3) is 0 Å². The van der Waals surface area contributed by atoms with Gasteiger partial charge >= 0.3 is 0 Å². The van der Waals surface area contributed by atoms with Gasteiger partial charge in [-0.05, 0) is 36.1 Å². The Balaban J connectivity index is 1.89. The molecule has 0 heterocycles. The van der Waals surface area contributed by atoms with Crippen molar-refractivity contribution in [2.75, 3.05) is 10.8 Å². The van der Waals surface area contributed by atoms with Crippen LogP contribution in [0.3, 0.4) is 0 Å². The SMILES string of the molecule is O=C(CCCl)N(c1ccccc1)C1Cc2ccccc2C1. The molecule has 2 nitrogen and oxygen atoms in total. The Labute approximate surface area is 130 Å².